The Morgan fingerprint density at radius 2 is 1.93 bits per heavy atom. The smallest absolute Gasteiger partial charge is 0.309 e. The van der Waals surface area contributed by atoms with Gasteiger partial charge in [0.05, 0.1) is 18.6 Å². The minimum Gasteiger partial charge on any atom is -0.466 e. The van der Waals surface area contributed by atoms with Crippen LogP contribution in [0.3, 0.4) is 0 Å². The van der Waals surface area contributed by atoms with Crippen LogP contribution in [0.1, 0.15) is 36.9 Å². The summed E-state index contributed by atoms with van der Waals surface area (Å²) >= 11 is 0. The molecule has 29 heavy (non-hydrogen) atoms. The lowest BCUT2D eigenvalue weighted by molar-refractivity contribution is -0.149. The van der Waals surface area contributed by atoms with E-state index in [4.69, 9.17) is 4.74 Å². The lowest BCUT2D eigenvalue weighted by atomic mass is 9.91. The summed E-state index contributed by atoms with van der Waals surface area (Å²) in [4.78, 5) is 17.4. The second-order valence-electron chi connectivity index (χ2n) is 7.42. The SMILES string of the molecule is CCOC(=O)C1CCN(C(c2ccccc2F)c2c[nH]c3ccc(F)cc23)CC1. The number of rotatable bonds is 5. The summed E-state index contributed by atoms with van der Waals surface area (Å²) in [6.45, 7) is 3.43. The van der Waals surface area contributed by atoms with Gasteiger partial charge in [-0.2, -0.15) is 0 Å². The highest BCUT2D eigenvalue weighted by atomic mass is 19.1. The molecule has 1 aliphatic rings. The molecule has 1 N–H and O–H groups in total. The topological polar surface area (TPSA) is 45.3 Å². The van der Waals surface area contributed by atoms with Crippen LogP contribution in [-0.2, 0) is 9.53 Å². The summed E-state index contributed by atoms with van der Waals surface area (Å²) in [5.74, 6) is -0.918. The van der Waals surface area contributed by atoms with Crippen LogP contribution >= 0.6 is 0 Å². The predicted molar refractivity (Wildman–Crippen MR) is 107 cm³/mol. The normalized spacial score (nSPS) is 16.8. The van der Waals surface area contributed by atoms with Gasteiger partial charge in [-0.05, 0) is 62.7 Å². The van der Waals surface area contributed by atoms with Crippen LogP contribution in [0.25, 0.3) is 10.9 Å². The van der Waals surface area contributed by atoms with Gasteiger partial charge in [0.15, 0.2) is 0 Å². The molecule has 1 aromatic heterocycles. The molecular formula is C23H24F2N2O2. The number of nitrogens with one attached hydrogen (secondary N) is 1. The maximum atomic E-state index is 14.8. The van der Waals surface area contributed by atoms with Crippen molar-refractivity contribution in [2.75, 3.05) is 19.7 Å². The van der Waals surface area contributed by atoms with Crippen molar-refractivity contribution < 1.29 is 18.3 Å². The summed E-state index contributed by atoms with van der Waals surface area (Å²) in [5, 5.41) is 0.741. The number of benzene rings is 2. The number of hydrogen-bond donors (Lipinski definition) is 1. The first kappa shape index (κ1) is 19.6. The largest absolute Gasteiger partial charge is 0.466 e. The zero-order valence-corrected chi connectivity index (χ0v) is 16.3. The molecule has 1 fully saturated rings. The first-order chi connectivity index (χ1) is 14.1. The van der Waals surface area contributed by atoms with Crippen LogP contribution < -0.4 is 0 Å². The maximum absolute atomic E-state index is 14.8. The first-order valence-corrected chi connectivity index (χ1v) is 10.00. The van der Waals surface area contributed by atoms with Crippen LogP contribution in [0.2, 0.25) is 0 Å². The van der Waals surface area contributed by atoms with E-state index in [9.17, 15) is 13.6 Å². The number of ether oxygens (including phenoxy) is 1. The highest BCUT2D eigenvalue weighted by Crippen LogP contribution is 2.37. The molecule has 4 nitrogen and oxygen atoms in total. The average molecular weight is 398 g/mol. The number of aromatic amines is 1. The van der Waals surface area contributed by atoms with Gasteiger partial charge in [-0.25, -0.2) is 8.78 Å². The molecule has 3 aromatic rings. The van der Waals surface area contributed by atoms with E-state index >= 15 is 0 Å². The number of carbonyl (C=O) groups excluding carboxylic acids is 1. The van der Waals surface area contributed by atoms with Gasteiger partial charge >= 0.3 is 5.97 Å². The number of aromatic nitrogens is 1. The number of fused-ring (bicyclic) bond motifs is 1. The first-order valence-electron chi connectivity index (χ1n) is 10.00. The summed E-state index contributed by atoms with van der Waals surface area (Å²) in [6, 6.07) is 10.9. The molecule has 0 spiro atoms. The van der Waals surface area contributed by atoms with Crippen molar-refractivity contribution in [2.45, 2.75) is 25.8 Å². The van der Waals surface area contributed by atoms with E-state index in [0.717, 1.165) is 16.5 Å². The van der Waals surface area contributed by atoms with Crippen LogP contribution in [0.4, 0.5) is 8.78 Å². The summed E-state index contributed by atoms with van der Waals surface area (Å²) < 4.78 is 33.9. The maximum Gasteiger partial charge on any atom is 0.309 e. The molecule has 0 radical (unpaired) electrons. The standard InChI is InChI=1S/C23H24F2N2O2/c1-2-29-23(28)15-9-11-27(12-10-15)22(17-5-3-4-6-20(17)25)19-14-26-21-8-7-16(24)13-18(19)21/h3-8,13-15,22,26H,2,9-12H2,1H3. The molecule has 6 heteroatoms. The van der Waals surface area contributed by atoms with Crippen molar-refractivity contribution in [1.82, 2.24) is 9.88 Å². The Balaban J connectivity index is 1.70. The van der Waals surface area contributed by atoms with Gasteiger partial charge in [-0.1, -0.05) is 18.2 Å². The van der Waals surface area contributed by atoms with Gasteiger partial charge in [-0.3, -0.25) is 9.69 Å². The third-order valence-corrected chi connectivity index (χ3v) is 5.68. The summed E-state index contributed by atoms with van der Waals surface area (Å²) in [5.41, 5.74) is 2.19. The highest BCUT2D eigenvalue weighted by molar-refractivity contribution is 5.84. The molecule has 1 unspecified atom stereocenters. The van der Waals surface area contributed by atoms with Crippen LogP contribution in [0.15, 0.2) is 48.7 Å². The minimum absolute atomic E-state index is 0.132. The van der Waals surface area contributed by atoms with Gasteiger partial charge in [0, 0.05) is 22.7 Å². The molecule has 0 aliphatic carbocycles. The predicted octanol–water partition coefficient (Wildman–Crippen LogP) is 4.81. The van der Waals surface area contributed by atoms with E-state index in [0.29, 0.717) is 38.1 Å². The summed E-state index contributed by atoms with van der Waals surface area (Å²) in [7, 11) is 0. The zero-order chi connectivity index (χ0) is 20.4. The highest BCUT2D eigenvalue weighted by Gasteiger charge is 2.33. The number of H-pyrrole nitrogens is 1. The lowest BCUT2D eigenvalue weighted by Crippen LogP contribution is -2.39. The molecule has 0 amide bonds. The average Bonchev–Trinajstić information content (AvgIpc) is 3.13. The van der Waals surface area contributed by atoms with Gasteiger partial charge in [0.2, 0.25) is 0 Å². The van der Waals surface area contributed by atoms with Crippen molar-refractivity contribution in [3.05, 3.63) is 71.4 Å². The Labute approximate surface area is 168 Å². The Hall–Kier alpha value is -2.73. The number of carbonyl (C=O) groups is 1. The van der Waals surface area contributed by atoms with Crippen LogP contribution in [-0.4, -0.2) is 35.5 Å². The minimum atomic E-state index is -0.366. The monoisotopic (exact) mass is 398 g/mol. The number of esters is 1. The van der Waals surface area contributed by atoms with Crippen LogP contribution in [0.5, 0.6) is 0 Å². The fourth-order valence-electron chi connectivity index (χ4n) is 4.25. The number of nitrogens with zero attached hydrogens (tertiary/aromatic N) is 1. The third kappa shape index (κ3) is 3.90. The molecular weight excluding hydrogens is 374 g/mol. The van der Waals surface area contributed by atoms with Gasteiger partial charge < -0.3 is 9.72 Å². The van der Waals surface area contributed by atoms with E-state index in [1.54, 1.807) is 25.1 Å². The molecule has 0 bridgehead atoms. The second kappa shape index (κ2) is 8.33. The van der Waals surface area contributed by atoms with E-state index in [1.807, 2.05) is 12.3 Å². The second-order valence-corrected chi connectivity index (χ2v) is 7.42. The third-order valence-electron chi connectivity index (χ3n) is 5.68. The van der Waals surface area contributed by atoms with E-state index in [-0.39, 0.29) is 29.6 Å². The molecule has 1 saturated heterocycles. The van der Waals surface area contributed by atoms with Crippen LogP contribution in [0, 0.1) is 17.6 Å². The van der Waals surface area contributed by atoms with Crippen molar-refractivity contribution >= 4 is 16.9 Å². The molecule has 0 saturated carbocycles. The molecule has 1 aliphatic heterocycles. The number of halogens is 2. The number of likely N-dealkylation sites (tertiary alicyclic amines) is 1. The Kier molecular flexibility index (Phi) is 5.62. The Morgan fingerprint density at radius 1 is 1.17 bits per heavy atom. The summed E-state index contributed by atoms with van der Waals surface area (Å²) in [6.07, 6.45) is 3.14. The molecule has 2 heterocycles. The quantitative estimate of drug-likeness (QED) is 0.628. The molecule has 4 rings (SSSR count). The molecule has 2 aromatic carbocycles. The van der Waals surface area contributed by atoms with Crippen molar-refractivity contribution in [1.29, 1.82) is 0 Å². The molecule has 152 valence electrons. The molecule has 1 atom stereocenters. The van der Waals surface area contributed by atoms with Gasteiger partial charge in [0.1, 0.15) is 11.6 Å². The van der Waals surface area contributed by atoms with Gasteiger partial charge in [-0.15, -0.1) is 0 Å². The Bertz CT molecular complexity index is 1010. The zero-order valence-electron chi connectivity index (χ0n) is 16.3. The number of hydrogen-bond acceptors (Lipinski definition) is 3. The van der Waals surface area contributed by atoms with Gasteiger partial charge in [0.25, 0.3) is 0 Å². The van der Waals surface area contributed by atoms with Crippen molar-refractivity contribution in [2.24, 2.45) is 5.92 Å². The fourth-order valence-corrected chi connectivity index (χ4v) is 4.25. The van der Waals surface area contributed by atoms with E-state index in [1.165, 1.54) is 18.2 Å². The fraction of sp³-hybridized carbons (Fsp3) is 0.348. The number of piperidine rings is 1. The van der Waals surface area contributed by atoms with E-state index in [2.05, 4.69) is 9.88 Å². The van der Waals surface area contributed by atoms with E-state index < -0.39 is 0 Å². The lowest BCUT2D eigenvalue weighted by Gasteiger charge is -2.37. The van der Waals surface area contributed by atoms with Crippen molar-refractivity contribution in [3.8, 4) is 0 Å². The van der Waals surface area contributed by atoms with Crippen molar-refractivity contribution in [3.63, 3.8) is 0 Å². The Morgan fingerprint density at radius 3 is 2.66 bits per heavy atom.